The fraction of sp³-hybridized carbons (Fsp3) is 0.316. The van der Waals surface area contributed by atoms with E-state index in [1.54, 1.807) is 11.5 Å². The van der Waals surface area contributed by atoms with Crippen molar-refractivity contribution in [1.29, 1.82) is 0 Å². The van der Waals surface area contributed by atoms with Crippen LogP contribution in [0.5, 0.6) is 5.75 Å². The molecule has 30 heavy (non-hydrogen) atoms. The zero-order valence-electron chi connectivity index (χ0n) is 15.7. The van der Waals surface area contributed by atoms with Crippen LogP contribution in [0.2, 0.25) is 0 Å². The van der Waals surface area contributed by atoms with Crippen molar-refractivity contribution in [3.63, 3.8) is 0 Å². The highest BCUT2D eigenvalue weighted by atomic mass is 32.2. The van der Waals surface area contributed by atoms with Gasteiger partial charge in [-0.1, -0.05) is 23.9 Å². The third-order valence-electron chi connectivity index (χ3n) is 4.42. The maximum absolute atomic E-state index is 12.5. The summed E-state index contributed by atoms with van der Waals surface area (Å²) in [6.45, 7) is 0.349. The summed E-state index contributed by atoms with van der Waals surface area (Å²) < 4.78 is 54.2. The fourth-order valence-corrected chi connectivity index (χ4v) is 4.08. The summed E-state index contributed by atoms with van der Waals surface area (Å²) in [6.07, 6.45) is -4.41. The van der Waals surface area contributed by atoms with E-state index >= 15 is 0 Å². The molecular weight excluding hydrogens is 423 g/mol. The molecule has 0 amide bonds. The van der Waals surface area contributed by atoms with Crippen molar-refractivity contribution in [2.75, 3.05) is 13.2 Å². The Bertz CT molecular complexity index is 1090. The third-order valence-corrected chi connectivity index (χ3v) is 5.38. The van der Waals surface area contributed by atoms with Crippen LogP contribution in [-0.2, 0) is 15.2 Å². The number of rotatable bonds is 6. The zero-order chi connectivity index (χ0) is 21.3. The van der Waals surface area contributed by atoms with Crippen molar-refractivity contribution in [3.8, 4) is 5.75 Å². The Balaban J connectivity index is 1.58. The lowest BCUT2D eigenvalue weighted by Gasteiger charge is -2.15. The van der Waals surface area contributed by atoms with Crippen LogP contribution in [0.3, 0.4) is 0 Å². The smallest absolute Gasteiger partial charge is 0.484 e. The van der Waals surface area contributed by atoms with Gasteiger partial charge in [0, 0.05) is 17.5 Å². The number of aromatic nitrogens is 3. The van der Waals surface area contributed by atoms with Gasteiger partial charge in [0.15, 0.2) is 18.4 Å². The molecule has 4 rings (SSSR count). The normalized spacial score (nSPS) is 16.5. The molecule has 0 radical (unpaired) electrons. The Kier molecular flexibility index (Phi) is 5.46. The Morgan fingerprint density at radius 3 is 2.83 bits per heavy atom. The molecule has 2 aromatic heterocycles. The van der Waals surface area contributed by atoms with Crippen molar-refractivity contribution >= 4 is 29.0 Å². The molecule has 0 N–H and O–H groups in total. The van der Waals surface area contributed by atoms with Crippen molar-refractivity contribution in [2.24, 2.45) is 0 Å². The minimum absolute atomic E-state index is 0.0603. The molecule has 1 aromatic carbocycles. The molecule has 11 heteroatoms. The van der Waals surface area contributed by atoms with E-state index in [-0.39, 0.29) is 12.4 Å². The average molecular weight is 439 g/mol. The van der Waals surface area contributed by atoms with Gasteiger partial charge in [-0.15, -0.1) is 0 Å². The van der Waals surface area contributed by atoms with E-state index in [2.05, 4.69) is 9.97 Å². The van der Waals surface area contributed by atoms with Crippen molar-refractivity contribution in [1.82, 2.24) is 14.5 Å². The van der Waals surface area contributed by atoms with Crippen LogP contribution in [-0.4, -0.2) is 40.1 Å². The molecule has 158 valence electrons. The lowest BCUT2D eigenvalue weighted by molar-refractivity contribution is -0.153. The quantitative estimate of drug-likeness (QED) is 0.409. The van der Waals surface area contributed by atoms with Gasteiger partial charge in [-0.25, -0.2) is 9.78 Å². The van der Waals surface area contributed by atoms with E-state index < -0.39 is 25.2 Å². The number of benzene rings is 1. The summed E-state index contributed by atoms with van der Waals surface area (Å²) in [5.74, 6) is 0.462. The van der Waals surface area contributed by atoms with Crippen molar-refractivity contribution in [3.05, 3.63) is 47.8 Å². The number of cyclic esters (lactones) is 2. The first-order chi connectivity index (χ1) is 14.3. The molecule has 0 aliphatic carbocycles. The fourth-order valence-electron chi connectivity index (χ4n) is 3.00. The van der Waals surface area contributed by atoms with Crippen molar-refractivity contribution in [2.45, 2.75) is 30.2 Å². The number of para-hydroxylation sites is 2. The van der Waals surface area contributed by atoms with Gasteiger partial charge in [-0.3, -0.25) is 9.55 Å². The van der Waals surface area contributed by atoms with E-state index in [1.807, 2.05) is 24.3 Å². The number of nitrogens with zero attached hydrogens (tertiary/aromatic N) is 3. The van der Waals surface area contributed by atoms with E-state index in [9.17, 15) is 18.0 Å². The van der Waals surface area contributed by atoms with Gasteiger partial charge in [-0.05, 0) is 25.1 Å². The molecule has 1 aliphatic heterocycles. The molecule has 0 bridgehead atoms. The van der Waals surface area contributed by atoms with E-state index in [0.29, 0.717) is 22.2 Å². The van der Waals surface area contributed by atoms with E-state index in [4.69, 9.17) is 14.2 Å². The minimum atomic E-state index is -4.42. The van der Waals surface area contributed by atoms with Crippen LogP contribution in [0.4, 0.5) is 18.0 Å². The Morgan fingerprint density at radius 2 is 2.10 bits per heavy atom. The van der Waals surface area contributed by atoms with Crippen LogP contribution in [0.15, 0.2) is 41.7 Å². The first-order valence-electron chi connectivity index (χ1n) is 8.89. The molecule has 3 heterocycles. The average Bonchev–Trinajstić information content (AvgIpc) is 3.28. The number of thioether (sulfide) groups is 1. The van der Waals surface area contributed by atoms with Gasteiger partial charge in [0.1, 0.15) is 5.75 Å². The van der Waals surface area contributed by atoms with Gasteiger partial charge >= 0.3 is 12.3 Å². The summed E-state index contributed by atoms with van der Waals surface area (Å²) in [7, 11) is 0. The second-order valence-electron chi connectivity index (χ2n) is 6.46. The Hall–Kier alpha value is -2.95. The Labute approximate surface area is 173 Å². The summed E-state index contributed by atoms with van der Waals surface area (Å²) in [6, 6.07) is 8.79. The van der Waals surface area contributed by atoms with E-state index in [0.717, 1.165) is 11.0 Å². The molecular formula is C19H16F3N3O4S. The highest BCUT2D eigenvalue weighted by molar-refractivity contribution is 7.98. The number of imidazole rings is 1. The summed E-state index contributed by atoms with van der Waals surface area (Å²) in [4.78, 5) is 20.3. The summed E-state index contributed by atoms with van der Waals surface area (Å²) in [5, 5.41) is 0.572. The monoisotopic (exact) mass is 439 g/mol. The molecule has 3 aromatic rings. The molecule has 7 nitrogen and oxygen atoms in total. The van der Waals surface area contributed by atoms with Crippen LogP contribution in [0, 0.1) is 6.92 Å². The largest absolute Gasteiger partial charge is 0.510 e. The molecule has 1 aliphatic rings. The number of alkyl halides is 3. The topological polar surface area (TPSA) is 75.5 Å². The van der Waals surface area contributed by atoms with Gasteiger partial charge in [-0.2, -0.15) is 13.2 Å². The minimum Gasteiger partial charge on any atom is -0.484 e. The van der Waals surface area contributed by atoms with Crippen LogP contribution < -0.4 is 4.74 Å². The SMILES string of the molecule is Cc1c(OCC(F)(F)F)ccnc1CSc1nc2ccccc2n1C1COC(=O)O1. The molecule has 1 atom stereocenters. The predicted molar refractivity (Wildman–Crippen MR) is 101 cm³/mol. The number of carbonyl (C=O) groups is 1. The van der Waals surface area contributed by atoms with Crippen LogP contribution in [0.25, 0.3) is 11.0 Å². The number of carbonyl (C=O) groups excluding carboxylic acids is 1. The number of ether oxygens (including phenoxy) is 3. The molecule has 1 saturated heterocycles. The lowest BCUT2D eigenvalue weighted by atomic mass is 10.2. The predicted octanol–water partition coefficient (Wildman–Crippen LogP) is 4.64. The van der Waals surface area contributed by atoms with Gasteiger partial charge < -0.3 is 14.2 Å². The number of pyridine rings is 1. The molecule has 0 spiro atoms. The number of halogens is 3. The lowest BCUT2D eigenvalue weighted by Crippen LogP contribution is -2.19. The summed E-state index contributed by atoms with van der Waals surface area (Å²) >= 11 is 1.33. The second-order valence-corrected chi connectivity index (χ2v) is 7.40. The highest BCUT2D eigenvalue weighted by Crippen LogP contribution is 2.33. The first-order valence-corrected chi connectivity index (χ1v) is 9.87. The zero-order valence-corrected chi connectivity index (χ0v) is 16.5. The molecule has 1 unspecified atom stereocenters. The summed E-state index contributed by atoms with van der Waals surface area (Å²) in [5.41, 5.74) is 2.58. The van der Waals surface area contributed by atoms with Crippen LogP contribution in [0.1, 0.15) is 17.5 Å². The maximum atomic E-state index is 12.5. The number of hydrogen-bond acceptors (Lipinski definition) is 7. The standard InChI is InChI=1S/C19H16F3N3O4S/c1-11-13(23-7-6-15(11)28-10-19(20,21)22)9-30-17-24-12-4-2-3-5-14(12)25(17)16-8-27-18(26)29-16/h2-7,16H,8-10H2,1H3. The van der Waals surface area contributed by atoms with E-state index in [1.165, 1.54) is 24.0 Å². The van der Waals surface area contributed by atoms with Gasteiger partial charge in [0.2, 0.25) is 6.23 Å². The third kappa shape index (κ3) is 4.30. The van der Waals surface area contributed by atoms with Crippen molar-refractivity contribution < 1.29 is 32.2 Å². The maximum Gasteiger partial charge on any atom is 0.510 e. The highest BCUT2D eigenvalue weighted by Gasteiger charge is 2.31. The molecule has 1 fully saturated rings. The second kappa shape index (κ2) is 8.05. The number of hydrogen-bond donors (Lipinski definition) is 0. The Morgan fingerprint density at radius 1 is 1.30 bits per heavy atom. The number of fused-ring (bicyclic) bond motifs is 1. The molecule has 0 saturated carbocycles. The van der Waals surface area contributed by atoms with Crippen LogP contribution >= 0.6 is 11.8 Å². The van der Waals surface area contributed by atoms with Gasteiger partial charge in [0.05, 0.1) is 16.7 Å². The first kappa shape index (κ1) is 20.3. The van der Waals surface area contributed by atoms with Gasteiger partial charge in [0.25, 0.3) is 0 Å².